The molecule has 0 atom stereocenters. The number of piperidine rings is 1. The Kier molecular flexibility index (Phi) is 4.49. The number of carbonyl (C=O) groups excluding carboxylic acids is 1. The second kappa shape index (κ2) is 6.57. The van der Waals surface area contributed by atoms with Crippen molar-refractivity contribution in [2.45, 2.75) is 24.9 Å². The average Bonchev–Trinajstić information content (AvgIpc) is 2.58. The van der Waals surface area contributed by atoms with E-state index < -0.39 is 11.5 Å². The number of nitrogen functional groups attached to an aromatic ring is 1. The normalized spacial score (nSPS) is 16.8. The first-order valence-corrected chi connectivity index (χ1v) is 7.93. The molecule has 6 heteroatoms. The summed E-state index contributed by atoms with van der Waals surface area (Å²) in [4.78, 5) is 17.8. The highest BCUT2D eigenvalue weighted by Gasteiger charge is 2.35. The Bertz CT molecular complexity index is 725. The molecule has 1 fully saturated rings. The van der Waals surface area contributed by atoms with Crippen molar-refractivity contribution >= 4 is 11.6 Å². The number of nitrogens with zero attached hydrogens (tertiary/aromatic N) is 2. The van der Waals surface area contributed by atoms with Gasteiger partial charge in [-0.05, 0) is 43.2 Å². The van der Waals surface area contributed by atoms with E-state index in [2.05, 4.69) is 4.98 Å². The molecule has 1 aliphatic rings. The van der Waals surface area contributed by atoms with Gasteiger partial charge in [-0.15, -0.1) is 0 Å². The lowest BCUT2D eigenvalue weighted by Crippen LogP contribution is -2.47. The Balaban J connectivity index is 1.63. The fraction of sp³-hybridized carbons (Fsp3) is 0.333. The summed E-state index contributed by atoms with van der Waals surface area (Å²) in [5.41, 5.74) is 6.21. The summed E-state index contributed by atoms with van der Waals surface area (Å²) < 4.78 is 13.7. The highest BCUT2D eigenvalue weighted by Crippen LogP contribution is 2.27. The second-order valence-electron chi connectivity index (χ2n) is 6.27. The Labute approximate surface area is 139 Å². The maximum Gasteiger partial charge on any atom is 0.253 e. The zero-order valence-electron chi connectivity index (χ0n) is 13.3. The summed E-state index contributed by atoms with van der Waals surface area (Å²) in [5, 5.41) is 10.7. The highest BCUT2D eigenvalue weighted by atomic mass is 19.1. The number of hydrogen-bond acceptors (Lipinski definition) is 4. The third-order valence-corrected chi connectivity index (χ3v) is 4.49. The van der Waals surface area contributed by atoms with Gasteiger partial charge in [0, 0.05) is 42.5 Å². The third kappa shape index (κ3) is 3.54. The molecule has 1 aliphatic heterocycles. The van der Waals surface area contributed by atoms with E-state index in [0.29, 0.717) is 42.7 Å². The lowest BCUT2D eigenvalue weighted by atomic mass is 9.85. The quantitative estimate of drug-likeness (QED) is 0.667. The van der Waals surface area contributed by atoms with Gasteiger partial charge in [-0.3, -0.25) is 4.79 Å². The minimum atomic E-state index is -1.01. The molecule has 5 nitrogen and oxygen atoms in total. The molecule has 126 valence electrons. The molecule has 2 heterocycles. The summed E-state index contributed by atoms with van der Waals surface area (Å²) >= 11 is 0. The average molecular weight is 329 g/mol. The van der Waals surface area contributed by atoms with Crippen molar-refractivity contribution in [3.05, 3.63) is 59.7 Å². The van der Waals surface area contributed by atoms with E-state index >= 15 is 0 Å². The maximum atomic E-state index is 13.7. The van der Waals surface area contributed by atoms with Crippen LogP contribution in [-0.4, -0.2) is 39.6 Å². The molecular weight excluding hydrogens is 309 g/mol. The van der Waals surface area contributed by atoms with Gasteiger partial charge in [0.2, 0.25) is 5.95 Å². The van der Waals surface area contributed by atoms with Gasteiger partial charge in [0.05, 0.1) is 5.60 Å². The van der Waals surface area contributed by atoms with Crippen LogP contribution in [0.4, 0.5) is 10.1 Å². The Morgan fingerprint density at radius 1 is 1.25 bits per heavy atom. The van der Waals surface area contributed by atoms with Crippen LogP contribution >= 0.6 is 0 Å². The minimum absolute atomic E-state index is 0.0791. The zero-order valence-corrected chi connectivity index (χ0v) is 13.3. The number of nitrogens with two attached hydrogens (primary N) is 1. The molecular formula is C18H20FN3O2. The van der Waals surface area contributed by atoms with Crippen molar-refractivity contribution in [2.75, 3.05) is 18.8 Å². The van der Waals surface area contributed by atoms with Gasteiger partial charge in [-0.25, -0.2) is 4.98 Å². The fourth-order valence-corrected chi connectivity index (χ4v) is 3.02. The Morgan fingerprint density at radius 2 is 1.92 bits per heavy atom. The number of hydrogen-bond donors (Lipinski definition) is 2. The third-order valence-electron chi connectivity index (χ3n) is 4.49. The first-order valence-electron chi connectivity index (χ1n) is 7.93. The van der Waals surface area contributed by atoms with Crippen LogP contribution in [0.1, 0.15) is 28.8 Å². The molecule has 0 unspecified atom stereocenters. The van der Waals surface area contributed by atoms with Gasteiger partial charge >= 0.3 is 0 Å². The minimum Gasteiger partial charge on any atom is -0.399 e. The molecule has 1 saturated heterocycles. The summed E-state index contributed by atoms with van der Waals surface area (Å²) in [6.45, 7) is 0.864. The van der Waals surface area contributed by atoms with Crippen LogP contribution in [0, 0.1) is 5.95 Å². The molecule has 2 aromatic rings. The molecule has 1 aromatic carbocycles. The summed E-state index contributed by atoms with van der Waals surface area (Å²) in [6, 6.07) is 10.1. The van der Waals surface area contributed by atoms with E-state index in [9.17, 15) is 14.3 Å². The van der Waals surface area contributed by atoms with E-state index in [4.69, 9.17) is 5.73 Å². The largest absolute Gasteiger partial charge is 0.399 e. The van der Waals surface area contributed by atoms with Gasteiger partial charge in [-0.1, -0.05) is 6.07 Å². The van der Waals surface area contributed by atoms with Crippen molar-refractivity contribution < 1.29 is 14.3 Å². The molecule has 3 rings (SSSR count). The number of rotatable bonds is 3. The van der Waals surface area contributed by atoms with Crippen molar-refractivity contribution in [1.29, 1.82) is 0 Å². The van der Waals surface area contributed by atoms with Gasteiger partial charge in [0.15, 0.2) is 0 Å². The number of amides is 1. The number of anilines is 1. The van der Waals surface area contributed by atoms with E-state index in [-0.39, 0.29) is 12.3 Å². The highest BCUT2D eigenvalue weighted by molar-refractivity contribution is 5.94. The predicted molar refractivity (Wildman–Crippen MR) is 88.8 cm³/mol. The lowest BCUT2D eigenvalue weighted by molar-refractivity contribution is -0.0169. The number of aliphatic hydroxyl groups is 1. The van der Waals surface area contributed by atoms with Gasteiger partial charge in [0.25, 0.3) is 5.91 Å². The molecule has 1 aromatic heterocycles. The number of carbonyl (C=O) groups is 1. The van der Waals surface area contributed by atoms with Crippen molar-refractivity contribution in [3.8, 4) is 0 Å². The molecule has 0 saturated carbocycles. The number of pyridine rings is 1. The van der Waals surface area contributed by atoms with Crippen LogP contribution in [0.5, 0.6) is 0 Å². The smallest absolute Gasteiger partial charge is 0.253 e. The number of halogens is 1. The van der Waals surface area contributed by atoms with Crippen LogP contribution in [-0.2, 0) is 6.42 Å². The van der Waals surface area contributed by atoms with Gasteiger partial charge < -0.3 is 15.7 Å². The predicted octanol–water partition coefficient (Wildman–Crippen LogP) is 2.01. The first kappa shape index (κ1) is 16.4. The monoisotopic (exact) mass is 329 g/mol. The fourth-order valence-electron chi connectivity index (χ4n) is 3.02. The molecule has 24 heavy (non-hydrogen) atoms. The van der Waals surface area contributed by atoms with Crippen molar-refractivity contribution in [3.63, 3.8) is 0 Å². The molecule has 0 radical (unpaired) electrons. The van der Waals surface area contributed by atoms with Crippen LogP contribution < -0.4 is 5.73 Å². The lowest BCUT2D eigenvalue weighted by Gasteiger charge is -2.38. The molecule has 0 bridgehead atoms. The first-order chi connectivity index (χ1) is 11.5. The molecule has 0 spiro atoms. The Hall–Kier alpha value is -2.47. The van der Waals surface area contributed by atoms with Crippen molar-refractivity contribution in [1.82, 2.24) is 9.88 Å². The van der Waals surface area contributed by atoms with Crippen LogP contribution in [0.15, 0.2) is 42.6 Å². The Morgan fingerprint density at radius 3 is 2.54 bits per heavy atom. The molecule has 3 N–H and O–H groups in total. The molecule has 0 aliphatic carbocycles. The van der Waals surface area contributed by atoms with Crippen molar-refractivity contribution in [2.24, 2.45) is 0 Å². The van der Waals surface area contributed by atoms with Crippen LogP contribution in [0.3, 0.4) is 0 Å². The van der Waals surface area contributed by atoms with Crippen LogP contribution in [0.2, 0.25) is 0 Å². The summed E-state index contributed by atoms with van der Waals surface area (Å²) in [6.07, 6.45) is 2.40. The van der Waals surface area contributed by atoms with Gasteiger partial charge in [0.1, 0.15) is 0 Å². The number of aromatic nitrogens is 1. The van der Waals surface area contributed by atoms with E-state index in [1.807, 2.05) is 0 Å². The summed E-state index contributed by atoms with van der Waals surface area (Å²) in [7, 11) is 0. The van der Waals surface area contributed by atoms with E-state index in [0.717, 1.165) is 0 Å². The SMILES string of the molecule is Nc1ccc(C(=O)N2CCC(O)(Cc3cccnc3F)CC2)cc1. The van der Waals surface area contributed by atoms with E-state index in [1.54, 1.807) is 41.3 Å². The van der Waals surface area contributed by atoms with E-state index in [1.165, 1.54) is 6.20 Å². The standard InChI is InChI=1S/C18H20FN3O2/c19-16-14(2-1-9-21-16)12-18(24)7-10-22(11-8-18)17(23)13-3-5-15(20)6-4-13/h1-6,9,24H,7-8,10-12,20H2. The molecule has 1 amide bonds. The number of likely N-dealkylation sites (tertiary alicyclic amines) is 1. The number of benzene rings is 1. The second-order valence-corrected chi connectivity index (χ2v) is 6.27. The summed E-state index contributed by atoms with van der Waals surface area (Å²) in [5.74, 6) is -0.629. The topological polar surface area (TPSA) is 79.5 Å². The van der Waals surface area contributed by atoms with Crippen LogP contribution in [0.25, 0.3) is 0 Å². The maximum absolute atomic E-state index is 13.7. The van der Waals surface area contributed by atoms with Gasteiger partial charge in [-0.2, -0.15) is 4.39 Å². The zero-order chi connectivity index (χ0) is 17.2.